The highest BCUT2D eigenvalue weighted by Crippen LogP contribution is 2.22. The lowest BCUT2D eigenvalue weighted by Crippen LogP contribution is -2.36. The molecule has 0 heterocycles. The third kappa shape index (κ3) is 2.19. The Bertz CT molecular complexity index is 143. The molecule has 1 saturated carbocycles. The molecule has 0 aromatic rings. The summed E-state index contributed by atoms with van der Waals surface area (Å²) in [5.74, 6) is -0.239. The molecular formula is C8H15NO2. The zero-order chi connectivity index (χ0) is 8.27. The van der Waals surface area contributed by atoms with Crippen LogP contribution in [0.4, 0.5) is 0 Å². The van der Waals surface area contributed by atoms with Gasteiger partial charge >= 0.3 is 5.97 Å². The molecule has 0 aliphatic heterocycles. The highest BCUT2D eigenvalue weighted by Gasteiger charge is 2.23. The standard InChI is InChI=1S/C8H15NO2/c1-2-7(9)8(10)11-6-4-3-5-6/h6-7H,2-5,9H2,1H3/t7-/m1/s1. The van der Waals surface area contributed by atoms with Gasteiger partial charge in [0.25, 0.3) is 0 Å². The van der Waals surface area contributed by atoms with Gasteiger partial charge in [0.05, 0.1) is 0 Å². The van der Waals surface area contributed by atoms with Crippen molar-refractivity contribution in [3.05, 3.63) is 0 Å². The van der Waals surface area contributed by atoms with E-state index in [0.29, 0.717) is 6.42 Å². The molecule has 0 saturated heterocycles. The minimum absolute atomic E-state index is 0.167. The summed E-state index contributed by atoms with van der Waals surface area (Å²) in [4.78, 5) is 11.0. The lowest BCUT2D eigenvalue weighted by molar-refractivity contribution is -0.154. The Morgan fingerprint density at radius 1 is 1.73 bits per heavy atom. The van der Waals surface area contributed by atoms with E-state index >= 15 is 0 Å². The molecule has 0 aromatic heterocycles. The molecule has 1 aliphatic carbocycles. The second-order valence-electron chi connectivity index (χ2n) is 3.00. The van der Waals surface area contributed by atoms with Gasteiger partial charge in [-0.1, -0.05) is 6.92 Å². The predicted octanol–water partition coefficient (Wildman–Crippen LogP) is 0.819. The van der Waals surface area contributed by atoms with Crippen LogP contribution < -0.4 is 5.73 Å². The average molecular weight is 157 g/mol. The van der Waals surface area contributed by atoms with Crippen LogP contribution in [0.2, 0.25) is 0 Å². The van der Waals surface area contributed by atoms with Gasteiger partial charge in [0.15, 0.2) is 0 Å². The highest BCUT2D eigenvalue weighted by atomic mass is 16.5. The van der Waals surface area contributed by atoms with Crippen molar-refractivity contribution in [2.45, 2.75) is 44.8 Å². The number of rotatable bonds is 3. The molecule has 0 aromatic carbocycles. The maximum Gasteiger partial charge on any atom is 0.323 e. The first-order chi connectivity index (χ1) is 5.24. The summed E-state index contributed by atoms with van der Waals surface area (Å²) >= 11 is 0. The van der Waals surface area contributed by atoms with Gasteiger partial charge in [-0.15, -0.1) is 0 Å². The number of esters is 1. The Balaban J connectivity index is 2.19. The third-order valence-corrected chi connectivity index (χ3v) is 2.08. The lowest BCUT2D eigenvalue weighted by Gasteiger charge is -2.26. The molecule has 1 rings (SSSR count). The molecule has 0 amide bonds. The van der Waals surface area contributed by atoms with Crippen LogP contribution in [-0.2, 0) is 9.53 Å². The van der Waals surface area contributed by atoms with E-state index in [2.05, 4.69) is 0 Å². The highest BCUT2D eigenvalue weighted by molar-refractivity contribution is 5.75. The fourth-order valence-electron chi connectivity index (χ4n) is 0.907. The molecule has 0 spiro atoms. The summed E-state index contributed by atoms with van der Waals surface area (Å²) in [5, 5.41) is 0. The maximum absolute atomic E-state index is 11.0. The largest absolute Gasteiger partial charge is 0.461 e. The lowest BCUT2D eigenvalue weighted by atomic mass is 9.96. The molecule has 0 bridgehead atoms. The topological polar surface area (TPSA) is 52.3 Å². The molecular weight excluding hydrogens is 142 g/mol. The molecule has 0 radical (unpaired) electrons. The van der Waals surface area contributed by atoms with Gasteiger partial charge in [0, 0.05) is 0 Å². The normalized spacial score (nSPS) is 20.5. The number of hydrogen-bond acceptors (Lipinski definition) is 3. The van der Waals surface area contributed by atoms with Crippen LogP contribution >= 0.6 is 0 Å². The zero-order valence-electron chi connectivity index (χ0n) is 6.88. The number of ether oxygens (including phenoxy) is 1. The summed E-state index contributed by atoms with van der Waals surface area (Å²) < 4.78 is 5.08. The minimum Gasteiger partial charge on any atom is -0.461 e. The monoisotopic (exact) mass is 157 g/mol. The van der Waals surface area contributed by atoms with Gasteiger partial charge in [-0.25, -0.2) is 0 Å². The first-order valence-corrected chi connectivity index (χ1v) is 4.20. The van der Waals surface area contributed by atoms with Crippen molar-refractivity contribution in [2.75, 3.05) is 0 Å². The van der Waals surface area contributed by atoms with Crippen LogP contribution in [0.5, 0.6) is 0 Å². The molecule has 1 fully saturated rings. The van der Waals surface area contributed by atoms with Crippen LogP contribution in [-0.4, -0.2) is 18.1 Å². The number of nitrogens with two attached hydrogens (primary N) is 1. The Hall–Kier alpha value is -0.570. The van der Waals surface area contributed by atoms with Crippen LogP contribution in [0.1, 0.15) is 32.6 Å². The first kappa shape index (κ1) is 8.53. The molecule has 0 unspecified atom stereocenters. The predicted molar refractivity (Wildman–Crippen MR) is 42.0 cm³/mol. The second-order valence-corrected chi connectivity index (χ2v) is 3.00. The van der Waals surface area contributed by atoms with Crippen molar-refractivity contribution in [2.24, 2.45) is 5.73 Å². The van der Waals surface area contributed by atoms with E-state index in [-0.39, 0.29) is 12.1 Å². The summed E-state index contributed by atoms with van der Waals surface area (Å²) in [5.41, 5.74) is 5.47. The molecule has 1 atom stereocenters. The van der Waals surface area contributed by atoms with E-state index in [9.17, 15) is 4.79 Å². The van der Waals surface area contributed by atoms with Crippen molar-refractivity contribution in [1.29, 1.82) is 0 Å². The van der Waals surface area contributed by atoms with Crippen molar-refractivity contribution in [3.63, 3.8) is 0 Å². The fraction of sp³-hybridized carbons (Fsp3) is 0.875. The SMILES string of the molecule is CC[C@@H](N)C(=O)OC1CCC1. The van der Waals surface area contributed by atoms with Crippen molar-refractivity contribution < 1.29 is 9.53 Å². The summed E-state index contributed by atoms with van der Waals surface area (Å²) in [6, 6.07) is -0.421. The van der Waals surface area contributed by atoms with E-state index in [4.69, 9.17) is 10.5 Å². The third-order valence-electron chi connectivity index (χ3n) is 2.08. The van der Waals surface area contributed by atoms with Gasteiger partial charge in [0.2, 0.25) is 0 Å². The van der Waals surface area contributed by atoms with Crippen molar-refractivity contribution in [1.82, 2.24) is 0 Å². The van der Waals surface area contributed by atoms with E-state index in [1.54, 1.807) is 0 Å². The molecule has 11 heavy (non-hydrogen) atoms. The molecule has 3 heteroatoms. The van der Waals surface area contributed by atoms with Crippen molar-refractivity contribution in [3.8, 4) is 0 Å². The summed E-state index contributed by atoms with van der Waals surface area (Å²) in [6.07, 6.45) is 4.04. The van der Waals surface area contributed by atoms with Crippen LogP contribution in [0.3, 0.4) is 0 Å². The minimum atomic E-state index is -0.421. The van der Waals surface area contributed by atoms with E-state index < -0.39 is 6.04 Å². The molecule has 2 N–H and O–H groups in total. The molecule has 3 nitrogen and oxygen atoms in total. The van der Waals surface area contributed by atoms with E-state index in [1.807, 2.05) is 6.92 Å². The molecule has 64 valence electrons. The summed E-state index contributed by atoms with van der Waals surface area (Å²) in [6.45, 7) is 1.88. The number of carbonyl (C=O) groups excluding carboxylic acids is 1. The van der Waals surface area contributed by atoms with Gasteiger partial charge in [-0.05, 0) is 25.7 Å². The van der Waals surface area contributed by atoms with Crippen molar-refractivity contribution >= 4 is 5.97 Å². The zero-order valence-corrected chi connectivity index (χ0v) is 6.88. The van der Waals surface area contributed by atoms with Crippen LogP contribution in [0, 0.1) is 0 Å². The molecule has 1 aliphatic rings. The Morgan fingerprint density at radius 2 is 2.36 bits per heavy atom. The van der Waals surface area contributed by atoms with Gasteiger partial charge < -0.3 is 10.5 Å². The van der Waals surface area contributed by atoms with Crippen LogP contribution in [0.25, 0.3) is 0 Å². The van der Waals surface area contributed by atoms with Gasteiger partial charge in [0.1, 0.15) is 12.1 Å². The van der Waals surface area contributed by atoms with Gasteiger partial charge in [-0.3, -0.25) is 4.79 Å². The Kier molecular flexibility index (Phi) is 2.88. The Labute approximate surface area is 66.9 Å². The van der Waals surface area contributed by atoms with Gasteiger partial charge in [-0.2, -0.15) is 0 Å². The second kappa shape index (κ2) is 3.72. The average Bonchev–Trinajstić information content (AvgIpc) is 1.94. The summed E-state index contributed by atoms with van der Waals surface area (Å²) in [7, 11) is 0. The maximum atomic E-state index is 11.0. The first-order valence-electron chi connectivity index (χ1n) is 4.20. The van der Waals surface area contributed by atoms with Crippen LogP contribution in [0.15, 0.2) is 0 Å². The quantitative estimate of drug-likeness (QED) is 0.617. The number of hydrogen-bond donors (Lipinski definition) is 1. The van der Waals surface area contributed by atoms with E-state index in [0.717, 1.165) is 12.8 Å². The van der Waals surface area contributed by atoms with E-state index in [1.165, 1.54) is 6.42 Å². The number of carbonyl (C=O) groups is 1. The fourth-order valence-corrected chi connectivity index (χ4v) is 0.907. The smallest absolute Gasteiger partial charge is 0.323 e. The Morgan fingerprint density at radius 3 is 2.73 bits per heavy atom.